The van der Waals surface area contributed by atoms with Gasteiger partial charge in [-0.2, -0.15) is 0 Å². The summed E-state index contributed by atoms with van der Waals surface area (Å²) in [6.07, 6.45) is 2.65. The van der Waals surface area contributed by atoms with Crippen molar-refractivity contribution in [2.75, 3.05) is 30.7 Å². The Bertz CT molecular complexity index is 320. The van der Waals surface area contributed by atoms with E-state index in [1.54, 1.807) is 0 Å². The molecule has 0 bridgehead atoms. The second-order valence-corrected chi connectivity index (χ2v) is 4.43. The van der Waals surface area contributed by atoms with Crippen LogP contribution in [0.15, 0.2) is 24.3 Å². The molecular weight excluding hydrogens is 198 g/mol. The third-order valence-corrected chi connectivity index (χ3v) is 3.36. The highest BCUT2D eigenvalue weighted by Crippen LogP contribution is 2.18. The van der Waals surface area contributed by atoms with E-state index in [1.807, 2.05) is 24.3 Å². The number of likely N-dealkylation sites (N-methyl/N-ethyl adjacent to an activating group) is 1. The Balaban J connectivity index is 1.85. The summed E-state index contributed by atoms with van der Waals surface area (Å²) in [5.74, 6) is 0. The summed E-state index contributed by atoms with van der Waals surface area (Å²) in [7, 11) is 0. The average molecular weight is 219 g/mol. The summed E-state index contributed by atoms with van der Waals surface area (Å²) >= 11 is 0. The summed E-state index contributed by atoms with van der Waals surface area (Å²) in [5.41, 5.74) is 7.64. The normalized spacial score (nSPS) is 21.2. The Morgan fingerprint density at radius 1 is 1.38 bits per heavy atom. The van der Waals surface area contributed by atoms with Crippen LogP contribution in [-0.2, 0) is 0 Å². The minimum Gasteiger partial charge on any atom is -0.399 e. The molecule has 0 amide bonds. The van der Waals surface area contributed by atoms with Gasteiger partial charge in [0.15, 0.2) is 0 Å². The molecule has 0 radical (unpaired) electrons. The Hall–Kier alpha value is -1.22. The van der Waals surface area contributed by atoms with Crippen LogP contribution in [0.2, 0.25) is 0 Å². The van der Waals surface area contributed by atoms with E-state index in [1.165, 1.54) is 19.4 Å². The number of nitrogens with one attached hydrogen (secondary N) is 1. The van der Waals surface area contributed by atoms with Crippen molar-refractivity contribution < 1.29 is 0 Å². The topological polar surface area (TPSA) is 41.3 Å². The van der Waals surface area contributed by atoms with Crippen LogP contribution in [0.3, 0.4) is 0 Å². The molecule has 1 heterocycles. The minimum atomic E-state index is 0.697. The van der Waals surface area contributed by atoms with Crippen LogP contribution in [-0.4, -0.2) is 30.6 Å². The molecule has 0 saturated carbocycles. The molecule has 0 spiro atoms. The van der Waals surface area contributed by atoms with Crippen molar-refractivity contribution in [1.29, 1.82) is 0 Å². The molecule has 2 rings (SSSR count). The molecule has 1 aromatic rings. The number of hydrogen-bond acceptors (Lipinski definition) is 3. The first-order valence-corrected chi connectivity index (χ1v) is 6.13. The molecular formula is C13H21N3. The molecule has 3 heteroatoms. The Kier molecular flexibility index (Phi) is 3.67. The van der Waals surface area contributed by atoms with Crippen LogP contribution in [0.5, 0.6) is 0 Å². The lowest BCUT2D eigenvalue weighted by Crippen LogP contribution is -2.34. The van der Waals surface area contributed by atoms with Gasteiger partial charge in [-0.25, -0.2) is 0 Å². The summed E-state index contributed by atoms with van der Waals surface area (Å²) in [6.45, 7) is 5.69. The zero-order chi connectivity index (χ0) is 11.4. The number of likely N-dealkylation sites (tertiary alicyclic amines) is 1. The molecule has 88 valence electrons. The van der Waals surface area contributed by atoms with Crippen LogP contribution in [0.25, 0.3) is 0 Å². The maximum absolute atomic E-state index is 5.65. The molecule has 1 atom stereocenters. The fraction of sp³-hybridized carbons (Fsp3) is 0.538. The van der Waals surface area contributed by atoms with Crippen LogP contribution in [0, 0.1) is 0 Å². The number of benzene rings is 1. The molecule has 0 aromatic heterocycles. The SMILES string of the molecule is CCN1CCCC1CNc1ccc(N)cc1. The lowest BCUT2D eigenvalue weighted by Gasteiger charge is -2.23. The van der Waals surface area contributed by atoms with Gasteiger partial charge in [0, 0.05) is 24.0 Å². The Morgan fingerprint density at radius 2 is 2.12 bits per heavy atom. The van der Waals surface area contributed by atoms with Crippen molar-refractivity contribution in [1.82, 2.24) is 4.90 Å². The van der Waals surface area contributed by atoms with Gasteiger partial charge in [0.05, 0.1) is 0 Å². The summed E-state index contributed by atoms with van der Waals surface area (Å²) in [5, 5.41) is 3.48. The van der Waals surface area contributed by atoms with Gasteiger partial charge in [-0.3, -0.25) is 4.90 Å². The highest BCUT2D eigenvalue weighted by Gasteiger charge is 2.22. The summed E-state index contributed by atoms with van der Waals surface area (Å²) in [6, 6.07) is 8.66. The van der Waals surface area contributed by atoms with E-state index < -0.39 is 0 Å². The van der Waals surface area contributed by atoms with E-state index in [9.17, 15) is 0 Å². The Morgan fingerprint density at radius 3 is 2.81 bits per heavy atom. The highest BCUT2D eigenvalue weighted by molar-refractivity contribution is 5.51. The van der Waals surface area contributed by atoms with Crippen LogP contribution >= 0.6 is 0 Å². The molecule has 3 N–H and O–H groups in total. The summed E-state index contributed by atoms with van der Waals surface area (Å²) in [4.78, 5) is 2.55. The van der Waals surface area contributed by atoms with Gasteiger partial charge >= 0.3 is 0 Å². The van der Waals surface area contributed by atoms with Crippen molar-refractivity contribution >= 4 is 11.4 Å². The fourth-order valence-electron chi connectivity index (χ4n) is 2.38. The molecule has 1 aromatic carbocycles. The third-order valence-electron chi connectivity index (χ3n) is 3.36. The zero-order valence-electron chi connectivity index (χ0n) is 9.95. The lowest BCUT2D eigenvalue weighted by molar-refractivity contribution is 0.277. The first-order chi connectivity index (χ1) is 7.79. The van der Waals surface area contributed by atoms with Crippen LogP contribution in [0.4, 0.5) is 11.4 Å². The average Bonchev–Trinajstić information content (AvgIpc) is 2.76. The number of nitrogens with two attached hydrogens (primary N) is 1. The van der Waals surface area contributed by atoms with E-state index in [0.29, 0.717) is 6.04 Å². The molecule has 1 aliphatic rings. The minimum absolute atomic E-state index is 0.697. The molecule has 1 fully saturated rings. The first kappa shape index (κ1) is 11.3. The van der Waals surface area contributed by atoms with E-state index in [-0.39, 0.29) is 0 Å². The van der Waals surface area contributed by atoms with Gasteiger partial charge in [0.25, 0.3) is 0 Å². The van der Waals surface area contributed by atoms with E-state index in [2.05, 4.69) is 17.1 Å². The maximum Gasteiger partial charge on any atom is 0.0342 e. The van der Waals surface area contributed by atoms with Gasteiger partial charge in [-0.15, -0.1) is 0 Å². The molecule has 16 heavy (non-hydrogen) atoms. The molecule has 0 aliphatic carbocycles. The number of nitrogen functional groups attached to an aromatic ring is 1. The standard InChI is InChI=1S/C13H21N3/c1-2-16-9-3-4-13(16)10-15-12-7-5-11(14)6-8-12/h5-8,13,15H,2-4,9-10,14H2,1H3. The van der Waals surface area contributed by atoms with Crippen molar-refractivity contribution in [2.24, 2.45) is 0 Å². The molecule has 1 aliphatic heterocycles. The second kappa shape index (κ2) is 5.21. The largest absolute Gasteiger partial charge is 0.399 e. The second-order valence-electron chi connectivity index (χ2n) is 4.43. The Labute approximate surface area is 97.6 Å². The van der Waals surface area contributed by atoms with E-state index >= 15 is 0 Å². The zero-order valence-corrected chi connectivity index (χ0v) is 9.95. The van der Waals surface area contributed by atoms with Crippen LogP contribution in [0.1, 0.15) is 19.8 Å². The van der Waals surface area contributed by atoms with Gasteiger partial charge < -0.3 is 11.1 Å². The molecule has 1 unspecified atom stereocenters. The number of hydrogen-bond donors (Lipinski definition) is 2. The van der Waals surface area contributed by atoms with Gasteiger partial charge in [-0.05, 0) is 50.2 Å². The molecule has 1 saturated heterocycles. The monoisotopic (exact) mass is 219 g/mol. The van der Waals surface area contributed by atoms with E-state index in [4.69, 9.17) is 5.73 Å². The van der Waals surface area contributed by atoms with E-state index in [0.717, 1.165) is 24.5 Å². The number of anilines is 2. The first-order valence-electron chi connectivity index (χ1n) is 6.13. The predicted molar refractivity (Wildman–Crippen MR) is 69.6 cm³/mol. The van der Waals surface area contributed by atoms with Crippen molar-refractivity contribution in [3.63, 3.8) is 0 Å². The maximum atomic E-state index is 5.65. The highest BCUT2D eigenvalue weighted by atomic mass is 15.2. The predicted octanol–water partition coefficient (Wildman–Crippen LogP) is 2.17. The number of rotatable bonds is 4. The van der Waals surface area contributed by atoms with Crippen molar-refractivity contribution in [3.8, 4) is 0 Å². The van der Waals surface area contributed by atoms with Gasteiger partial charge in [0.1, 0.15) is 0 Å². The van der Waals surface area contributed by atoms with Crippen molar-refractivity contribution in [3.05, 3.63) is 24.3 Å². The summed E-state index contributed by atoms with van der Waals surface area (Å²) < 4.78 is 0. The number of nitrogens with zero attached hydrogens (tertiary/aromatic N) is 1. The lowest BCUT2D eigenvalue weighted by atomic mass is 10.2. The quantitative estimate of drug-likeness (QED) is 0.763. The molecule has 3 nitrogen and oxygen atoms in total. The van der Waals surface area contributed by atoms with Crippen molar-refractivity contribution in [2.45, 2.75) is 25.8 Å². The smallest absolute Gasteiger partial charge is 0.0342 e. The van der Waals surface area contributed by atoms with Gasteiger partial charge in [0.2, 0.25) is 0 Å². The van der Waals surface area contributed by atoms with Crippen LogP contribution < -0.4 is 11.1 Å². The third kappa shape index (κ3) is 2.67. The fourth-order valence-corrected chi connectivity index (χ4v) is 2.38. The van der Waals surface area contributed by atoms with Gasteiger partial charge in [-0.1, -0.05) is 6.92 Å².